The van der Waals surface area contributed by atoms with Crippen molar-refractivity contribution in [3.8, 4) is 0 Å². The highest BCUT2D eigenvalue weighted by molar-refractivity contribution is 7.12. The maximum atomic E-state index is 5.88. The predicted molar refractivity (Wildman–Crippen MR) is 68.8 cm³/mol. The SMILES string of the molecule is Cc1ccc(C(CN)OCCC2CCC2)s1. The van der Waals surface area contributed by atoms with E-state index in [1.807, 2.05) is 0 Å². The number of thiophene rings is 1. The Bertz CT molecular complexity index is 319. The van der Waals surface area contributed by atoms with Crippen molar-refractivity contribution >= 4 is 11.3 Å². The van der Waals surface area contributed by atoms with Gasteiger partial charge in [0.2, 0.25) is 0 Å². The van der Waals surface area contributed by atoms with Gasteiger partial charge in [-0.2, -0.15) is 0 Å². The van der Waals surface area contributed by atoms with Crippen LogP contribution in [0.25, 0.3) is 0 Å². The van der Waals surface area contributed by atoms with Crippen LogP contribution in [0.3, 0.4) is 0 Å². The summed E-state index contributed by atoms with van der Waals surface area (Å²) >= 11 is 1.79. The summed E-state index contributed by atoms with van der Waals surface area (Å²) in [6, 6.07) is 4.28. The van der Waals surface area contributed by atoms with Crippen LogP contribution in [0.2, 0.25) is 0 Å². The van der Waals surface area contributed by atoms with Gasteiger partial charge in [0.25, 0.3) is 0 Å². The fraction of sp³-hybridized carbons (Fsp3) is 0.692. The molecule has 1 heterocycles. The molecule has 1 saturated carbocycles. The zero-order valence-corrected chi connectivity index (χ0v) is 10.8. The van der Waals surface area contributed by atoms with Crippen molar-refractivity contribution in [2.75, 3.05) is 13.2 Å². The Kier molecular flexibility index (Phi) is 4.38. The first kappa shape index (κ1) is 12.1. The molecule has 0 bridgehead atoms. The van der Waals surface area contributed by atoms with Gasteiger partial charge in [0.05, 0.1) is 0 Å². The fourth-order valence-corrected chi connectivity index (χ4v) is 2.99. The first-order valence-electron chi connectivity index (χ1n) is 6.17. The smallest absolute Gasteiger partial charge is 0.104 e. The molecule has 0 saturated heterocycles. The Morgan fingerprint density at radius 1 is 1.50 bits per heavy atom. The van der Waals surface area contributed by atoms with Crippen LogP contribution in [0.4, 0.5) is 0 Å². The number of nitrogens with two attached hydrogens (primary N) is 1. The van der Waals surface area contributed by atoms with Crippen molar-refractivity contribution in [3.63, 3.8) is 0 Å². The van der Waals surface area contributed by atoms with Crippen molar-refractivity contribution in [2.45, 2.75) is 38.7 Å². The molecule has 2 rings (SSSR count). The van der Waals surface area contributed by atoms with Gasteiger partial charge >= 0.3 is 0 Å². The molecular weight excluding hydrogens is 218 g/mol. The van der Waals surface area contributed by atoms with E-state index >= 15 is 0 Å². The molecule has 90 valence electrons. The molecule has 0 radical (unpaired) electrons. The van der Waals surface area contributed by atoms with Gasteiger partial charge < -0.3 is 10.5 Å². The molecule has 2 N–H and O–H groups in total. The van der Waals surface area contributed by atoms with Gasteiger partial charge in [0, 0.05) is 22.9 Å². The largest absolute Gasteiger partial charge is 0.371 e. The lowest BCUT2D eigenvalue weighted by Gasteiger charge is -2.26. The van der Waals surface area contributed by atoms with E-state index in [0.29, 0.717) is 6.54 Å². The summed E-state index contributed by atoms with van der Waals surface area (Å²) < 4.78 is 5.88. The van der Waals surface area contributed by atoms with E-state index in [0.717, 1.165) is 12.5 Å². The van der Waals surface area contributed by atoms with E-state index in [4.69, 9.17) is 10.5 Å². The van der Waals surface area contributed by atoms with Gasteiger partial charge in [-0.25, -0.2) is 0 Å². The van der Waals surface area contributed by atoms with Crippen molar-refractivity contribution in [2.24, 2.45) is 11.7 Å². The van der Waals surface area contributed by atoms with E-state index in [9.17, 15) is 0 Å². The van der Waals surface area contributed by atoms with E-state index in [-0.39, 0.29) is 6.10 Å². The van der Waals surface area contributed by atoms with Crippen molar-refractivity contribution < 1.29 is 4.74 Å². The maximum Gasteiger partial charge on any atom is 0.104 e. The lowest BCUT2D eigenvalue weighted by atomic mass is 9.83. The molecule has 16 heavy (non-hydrogen) atoms. The molecule has 1 fully saturated rings. The second-order valence-electron chi connectivity index (χ2n) is 4.63. The third-order valence-electron chi connectivity index (χ3n) is 3.36. The number of ether oxygens (including phenoxy) is 1. The Labute approximate surface area is 102 Å². The quantitative estimate of drug-likeness (QED) is 0.827. The van der Waals surface area contributed by atoms with E-state index < -0.39 is 0 Å². The summed E-state index contributed by atoms with van der Waals surface area (Å²) in [5.74, 6) is 0.920. The molecule has 0 aliphatic heterocycles. The van der Waals surface area contributed by atoms with Crippen LogP contribution in [0.1, 0.15) is 41.5 Å². The van der Waals surface area contributed by atoms with E-state index in [2.05, 4.69) is 19.1 Å². The monoisotopic (exact) mass is 239 g/mol. The minimum atomic E-state index is 0.110. The average molecular weight is 239 g/mol. The summed E-state index contributed by atoms with van der Waals surface area (Å²) in [4.78, 5) is 2.60. The molecular formula is C13H21NOS. The summed E-state index contributed by atoms with van der Waals surface area (Å²) in [5.41, 5.74) is 5.76. The van der Waals surface area contributed by atoms with Crippen LogP contribution in [0.5, 0.6) is 0 Å². The lowest BCUT2D eigenvalue weighted by Crippen LogP contribution is -2.18. The first-order valence-corrected chi connectivity index (χ1v) is 6.99. The standard InChI is InChI=1S/C13H21NOS/c1-10-5-6-13(16-10)12(9-14)15-8-7-11-3-2-4-11/h5-6,11-12H,2-4,7-9,14H2,1H3. The zero-order valence-electron chi connectivity index (χ0n) is 9.95. The summed E-state index contributed by atoms with van der Waals surface area (Å²) in [7, 11) is 0. The molecule has 1 unspecified atom stereocenters. The van der Waals surface area contributed by atoms with Crippen LogP contribution in [-0.2, 0) is 4.74 Å². The second-order valence-corrected chi connectivity index (χ2v) is 5.95. The molecule has 1 aromatic heterocycles. The van der Waals surface area contributed by atoms with Crippen LogP contribution < -0.4 is 5.73 Å². The number of rotatable bonds is 6. The minimum absolute atomic E-state index is 0.110. The fourth-order valence-electron chi connectivity index (χ4n) is 2.05. The predicted octanol–water partition coefficient (Wildman–Crippen LogP) is 3.26. The lowest BCUT2D eigenvalue weighted by molar-refractivity contribution is 0.0445. The average Bonchev–Trinajstić information content (AvgIpc) is 2.62. The molecule has 1 aromatic rings. The van der Waals surface area contributed by atoms with Crippen LogP contribution in [-0.4, -0.2) is 13.2 Å². The molecule has 1 aliphatic rings. The Hall–Kier alpha value is -0.380. The normalized spacial score (nSPS) is 18.4. The van der Waals surface area contributed by atoms with Gasteiger partial charge in [-0.3, -0.25) is 0 Å². The van der Waals surface area contributed by atoms with Gasteiger partial charge in [-0.05, 0) is 31.4 Å². The second kappa shape index (κ2) is 5.80. The molecule has 0 amide bonds. The Balaban J connectivity index is 1.76. The van der Waals surface area contributed by atoms with E-state index in [1.165, 1.54) is 35.4 Å². The molecule has 0 spiro atoms. The highest BCUT2D eigenvalue weighted by Crippen LogP contribution is 2.30. The van der Waals surface area contributed by atoms with E-state index in [1.54, 1.807) is 11.3 Å². The number of hydrogen-bond acceptors (Lipinski definition) is 3. The molecule has 2 nitrogen and oxygen atoms in total. The van der Waals surface area contributed by atoms with Crippen molar-refractivity contribution in [1.82, 2.24) is 0 Å². The zero-order chi connectivity index (χ0) is 11.4. The Morgan fingerprint density at radius 3 is 2.81 bits per heavy atom. The molecule has 1 atom stereocenters. The van der Waals surface area contributed by atoms with Crippen molar-refractivity contribution in [3.05, 3.63) is 21.9 Å². The highest BCUT2D eigenvalue weighted by Gasteiger charge is 2.18. The maximum absolute atomic E-state index is 5.88. The van der Waals surface area contributed by atoms with Crippen LogP contribution >= 0.6 is 11.3 Å². The molecule has 1 aliphatic carbocycles. The van der Waals surface area contributed by atoms with Gasteiger partial charge in [-0.1, -0.05) is 19.3 Å². The van der Waals surface area contributed by atoms with Gasteiger partial charge in [-0.15, -0.1) is 11.3 Å². The topological polar surface area (TPSA) is 35.2 Å². The molecule has 0 aromatic carbocycles. The summed E-state index contributed by atoms with van der Waals surface area (Å²) in [6.07, 6.45) is 5.53. The van der Waals surface area contributed by atoms with Gasteiger partial charge in [0.1, 0.15) is 6.10 Å². The highest BCUT2D eigenvalue weighted by atomic mass is 32.1. The molecule has 3 heteroatoms. The van der Waals surface area contributed by atoms with Gasteiger partial charge in [0.15, 0.2) is 0 Å². The van der Waals surface area contributed by atoms with Crippen LogP contribution in [0.15, 0.2) is 12.1 Å². The Morgan fingerprint density at radius 2 is 2.31 bits per heavy atom. The first-order chi connectivity index (χ1) is 7.79. The van der Waals surface area contributed by atoms with Crippen LogP contribution in [0, 0.1) is 12.8 Å². The third-order valence-corrected chi connectivity index (χ3v) is 4.46. The third kappa shape index (κ3) is 3.06. The number of hydrogen-bond donors (Lipinski definition) is 1. The summed E-state index contributed by atoms with van der Waals surface area (Å²) in [6.45, 7) is 3.57. The minimum Gasteiger partial charge on any atom is -0.371 e. The summed E-state index contributed by atoms with van der Waals surface area (Å²) in [5, 5.41) is 0. The van der Waals surface area contributed by atoms with Crippen molar-refractivity contribution in [1.29, 1.82) is 0 Å². The number of aryl methyl sites for hydroxylation is 1.